The SMILES string of the molecule is CC(C)C(c1ccc2c(c1)NCCN2)n1ccnc1. The summed E-state index contributed by atoms with van der Waals surface area (Å²) in [6.07, 6.45) is 5.78. The Labute approximate surface area is 113 Å². The van der Waals surface area contributed by atoms with E-state index in [9.17, 15) is 0 Å². The van der Waals surface area contributed by atoms with Gasteiger partial charge in [-0.05, 0) is 23.6 Å². The first-order valence-electron chi connectivity index (χ1n) is 6.85. The van der Waals surface area contributed by atoms with Crippen LogP contribution in [0.3, 0.4) is 0 Å². The monoisotopic (exact) mass is 256 g/mol. The number of hydrogen-bond donors (Lipinski definition) is 2. The fraction of sp³-hybridized carbons (Fsp3) is 0.400. The minimum atomic E-state index is 0.330. The van der Waals surface area contributed by atoms with Gasteiger partial charge in [0, 0.05) is 25.5 Å². The van der Waals surface area contributed by atoms with Crippen molar-refractivity contribution >= 4 is 11.4 Å². The Morgan fingerprint density at radius 1 is 1.16 bits per heavy atom. The van der Waals surface area contributed by atoms with Crippen LogP contribution in [0.4, 0.5) is 11.4 Å². The molecule has 1 aromatic heterocycles. The van der Waals surface area contributed by atoms with Gasteiger partial charge in [0.25, 0.3) is 0 Å². The van der Waals surface area contributed by atoms with Crippen LogP contribution in [0, 0.1) is 5.92 Å². The van der Waals surface area contributed by atoms with Crippen LogP contribution >= 0.6 is 0 Å². The van der Waals surface area contributed by atoms with Gasteiger partial charge in [-0.25, -0.2) is 4.98 Å². The highest BCUT2D eigenvalue weighted by atomic mass is 15.1. The molecule has 1 unspecified atom stereocenters. The van der Waals surface area contributed by atoms with Crippen LogP contribution < -0.4 is 10.6 Å². The maximum absolute atomic E-state index is 4.17. The van der Waals surface area contributed by atoms with Crippen molar-refractivity contribution < 1.29 is 0 Å². The molecule has 0 spiro atoms. The minimum absolute atomic E-state index is 0.330. The molecule has 2 heterocycles. The summed E-state index contributed by atoms with van der Waals surface area (Å²) in [7, 11) is 0. The van der Waals surface area contributed by atoms with Gasteiger partial charge in [0.15, 0.2) is 0 Å². The molecular formula is C15H20N4. The molecule has 3 rings (SSSR count). The third-order valence-corrected chi connectivity index (χ3v) is 3.62. The van der Waals surface area contributed by atoms with E-state index in [0.717, 1.165) is 13.1 Å². The Hall–Kier alpha value is -1.97. The smallest absolute Gasteiger partial charge is 0.0951 e. The summed E-state index contributed by atoms with van der Waals surface area (Å²) in [6, 6.07) is 6.97. The van der Waals surface area contributed by atoms with E-state index in [1.807, 2.05) is 18.7 Å². The van der Waals surface area contributed by atoms with Crippen LogP contribution in [0.1, 0.15) is 25.5 Å². The summed E-state index contributed by atoms with van der Waals surface area (Å²) < 4.78 is 2.18. The molecule has 2 N–H and O–H groups in total. The largest absolute Gasteiger partial charge is 0.382 e. The summed E-state index contributed by atoms with van der Waals surface area (Å²) >= 11 is 0. The summed E-state index contributed by atoms with van der Waals surface area (Å²) in [5, 5.41) is 6.87. The molecule has 1 atom stereocenters. The van der Waals surface area contributed by atoms with Gasteiger partial charge in [-0.3, -0.25) is 0 Å². The van der Waals surface area contributed by atoms with E-state index in [1.54, 1.807) is 0 Å². The van der Waals surface area contributed by atoms with Crippen LogP contribution in [0.15, 0.2) is 36.9 Å². The van der Waals surface area contributed by atoms with E-state index in [-0.39, 0.29) is 0 Å². The fourth-order valence-electron chi connectivity index (χ4n) is 2.78. The van der Waals surface area contributed by atoms with E-state index in [0.29, 0.717) is 12.0 Å². The number of nitrogens with zero attached hydrogens (tertiary/aromatic N) is 2. The van der Waals surface area contributed by atoms with E-state index in [4.69, 9.17) is 0 Å². The Balaban J connectivity index is 1.99. The van der Waals surface area contributed by atoms with E-state index in [2.05, 4.69) is 52.2 Å². The molecule has 0 bridgehead atoms. The number of rotatable bonds is 3. The predicted octanol–water partition coefficient (Wildman–Crippen LogP) is 2.97. The third kappa shape index (κ3) is 2.30. The van der Waals surface area contributed by atoms with Crippen molar-refractivity contribution in [1.29, 1.82) is 0 Å². The van der Waals surface area contributed by atoms with Gasteiger partial charge in [-0.1, -0.05) is 19.9 Å². The summed E-state index contributed by atoms with van der Waals surface area (Å²) in [5.41, 5.74) is 3.72. The molecule has 4 heteroatoms. The number of hydrogen-bond acceptors (Lipinski definition) is 3. The molecule has 19 heavy (non-hydrogen) atoms. The van der Waals surface area contributed by atoms with Crippen molar-refractivity contribution in [2.24, 2.45) is 5.92 Å². The zero-order valence-corrected chi connectivity index (χ0v) is 11.4. The highest BCUT2D eigenvalue weighted by molar-refractivity contribution is 5.71. The molecule has 0 fully saturated rings. The molecule has 1 aliphatic rings. The number of anilines is 2. The molecule has 1 aliphatic heterocycles. The number of fused-ring (bicyclic) bond motifs is 1. The Kier molecular flexibility index (Phi) is 3.15. The van der Waals surface area contributed by atoms with E-state index >= 15 is 0 Å². The zero-order chi connectivity index (χ0) is 13.2. The van der Waals surface area contributed by atoms with Gasteiger partial charge in [-0.2, -0.15) is 0 Å². The highest BCUT2D eigenvalue weighted by Crippen LogP contribution is 2.32. The van der Waals surface area contributed by atoms with Crippen LogP contribution in [0.2, 0.25) is 0 Å². The summed E-state index contributed by atoms with van der Waals surface area (Å²) in [4.78, 5) is 4.17. The Bertz CT molecular complexity index is 545. The molecule has 0 saturated carbocycles. The maximum atomic E-state index is 4.17. The number of benzene rings is 1. The van der Waals surface area contributed by atoms with Crippen molar-refractivity contribution in [2.45, 2.75) is 19.9 Å². The first-order chi connectivity index (χ1) is 9.25. The minimum Gasteiger partial charge on any atom is -0.382 e. The molecule has 0 saturated heterocycles. The topological polar surface area (TPSA) is 41.9 Å². The van der Waals surface area contributed by atoms with Crippen LogP contribution in [0.5, 0.6) is 0 Å². The quantitative estimate of drug-likeness (QED) is 0.887. The van der Waals surface area contributed by atoms with Gasteiger partial charge in [-0.15, -0.1) is 0 Å². The predicted molar refractivity (Wildman–Crippen MR) is 78.6 cm³/mol. The second-order valence-electron chi connectivity index (χ2n) is 5.36. The average molecular weight is 256 g/mol. The number of imidazole rings is 1. The molecule has 0 aliphatic carbocycles. The van der Waals surface area contributed by atoms with Crippen molar-refractivity contribution in [2.75, 3.05) is 23.7 Å². The standard InChI is InChI=1S/C15H20N4/c1-11(2)15(19-8-7-16-10-19)12-3-4-13-14(9-12)18-6-5-17-13/h3-4,7-11,15,17-18H,5-6H2,1-2H3. The van der Waals surface area contributed by atoms with Gasteiger partial charge >= 0.3 is 0 Å². The van der Waals surface area contributed by atoms with Gasteiger partial charge in [0.2, 0.25) is 0 Å². The lowest BCUT2D eigenvalue weighted by Crippen LogP contribution is -2.21. The van der Waals surface area contributed by atoms with Crippen molar-refractivity contribution in [3.8, 4) is 0 Å². The lowest BCUT2D eigenvalue weighted by molar-refractivity contribution is 0.436. The lowest BCUT2D eigenvalue weighted by Gasteiger charge is -2.26. The van der Waals surface area contributed by atoms with Crippen LogP contribution in [0.25, 0.3) is 0 Å². The average Bonchev–Trinajstić information content (AvgIpc) is 2.92. The van der Waals surface area contributed by atoms with Crippen molar-refractivity contribution in [1.82, 2.24) is 9.55 Å². The fourth-order valence-corrected chi connectivity index (χ4v) is 2.78. The lowest BCUT2D eigenvalue weighted by atomic mass is 9.95. The zero-order valence-electron chi connectivity index (χ0n) is 11.4. The summed E-state index contributed by atoms with van der Waals surface area (Å²) in [5.74, 6) is 0.517. The van der Waals surface area contributed by atoms with E-state index < -0.39 is 0 Å². The van der Waals surface area contributed by atoms with Gasteiger partial charge < -0.3 is 15.2 Å². The number of nitrogens with one attached hydrogen (secondary N) is 2. The molecule has 2 aromatic rings. The third-order valence-electron chi connectivity index (χ3n) is 3.62. The maximum Gasteiger partial charge on any atom is 0.0951 e. The normalized spacial score (nSPS) is 15.5. The van der Waals surface area contributed by atoms with E-state index in [1.165, 1.54) is 16.9 Å². The van der Waals surface area contributed by atoms with Crippen LogP contribution in [-0.2, 0) is 0 Å². The Morgan fingerprint density at radius 2 is 1.95 bits per heavy atom. The molecular weight excluding hydrogens is 236 g/mol. The van der Waals surface area contributed by atoms with Gasteiger partial charge in [0.05, 0.1) is 23.7 Å². The summed E-state index contributed by atoms with van der Waals surface area (Å²) in [6.45, 7) is 6.46. The molecule has 0 radical (unpaired) electrons. The second-order valence-corrected chi connectivity index (χ2v) is 5.36. The second kappa shape index (κ2) is 4.96. The van der Waals surface area contributed by atoms with Crippen molar-refractivity contribution in [3.63, 3.8) is 0 Å². The molecule has 4 nitrogen and oxygen atoms in total. The molecule has 1 aromatic carbocycles. The molecule has 0 amide bonds. The van der Waals surface area contributed by atoms with Crippen LogP contribution in [-0.4, -0.2) is 22.6 Å². The molecule has 100 valence electrons. The number of aromatic nitrogens is 2. The Morgan fingerprint density at radius 3 is 2.63 bits per heavy atom. The van der Waals surface area contributed by atoms with Gasteiger partial charge in [0.1, 0.15) is 0 Å². The first-order valence-corrected chi connectivity index (χ1v) is 6.85. The van der Waals surface area contributed by atoms with Crippen molar-refractivity contribution in [3.05, 3.63) is 42.5 Å². The first kappa shape index (κ1) is 12.1. The highest BCUT2D eigenvalue weighted by Gasteiger charge is 2.19.